The molecule has 1 unspecified atom stereocenters. The molecular weight excluding hydrogens is 359 g/mol. The Hall–Kier alpha value is -0.140. The van der Waals surface area contributed by atoms with Crippen molar-refractivity contribution in [2.24, 2.45) is 5.92 Å². The van der Waals surface area contributed by atoms with E-state index in [0.29, 0.717) is 12.0 Å². The zero-order valence-corrected chi connectivity index (χ0v) is 14.1. The van der Waals surface area contributed by atoms with Crippen LogP contribution in [0.1, 0.15) is 23.5 Å². The molecule has 0 saturated carbocycles. The van der Waals surface area contributed by atoms with Gasteiger partial charge in [-0.15, -0.1) is 0 Å². The molecule has 1 aromatic rings. The Morgan fingerprint density at radius 1 is 1.50 bits per heavy atom. The zero-order chi connectivity index (χ0) is 13.1. The third-order valence-electron chi connectivity index (χ3n) is 3.37. The Labute approximate surface area is 124 Å². The van der Waals surface area contributed by atoms with E-state index in [1.807, 2.05) is 17.5 Å². The molecule has 1 fully saturated rings. The summed E-state index contributed by atoms with van der Waals surface area (Å²) in [5.74, 6) is 0.741. The van der Waals surface area contributed by atoms with Crippen molar-refractivity contribution in [3.05, 3.63) is 22.4 Å². The first-order chi connectivity index (χ1) is 8.63. The number of piperazine rings is 1. The van der Waals surface area contributed by atoms with E-state index in [1.165, 1.54) is 0 Å². The normalized spacial score (nSPS) is 21.8. The van der Waals surface area contributed by atoms with Gasteiger partial charge in [0.2, 0.25) is 0 Å². The fourth-order valence-electron chi connectivity index (χ4n) is 2.29. The number of rotatable bonds is 3. The SMILES string of the molecule is C[I-]N1CCN(C(=O)c2cccs2)C(C(C)C)C1. The molecule has 2 heterocycles. The van der Waals surface area contributed by atoms with E-state index in [9.17, 15) is 4.79 Å². The number of amides is 1. The van der Waals surface area contributed by atoms with Gasteiger partial charge in [-0.1, -0.05) is 0 Å². The number of alkyl halides is 1. The number of carbonyl (C=O) groups is 1. The topological polar surface area (TPSA) is 23.6 Å². The Morgan fingerprint density at radius 2 is 2.28 bits per heavy atom. The average Bonchev–Trinajstić information content (AvgIpc) is 2.91. The summed E-state index contributed by atoms with van der Waals surface area (Å²) >= 11 is 1.69. The van der Waals surface area contributed by atoms with E-state index in [4.69, 9.17) is 0 Å². The van der Waals surface area contributed by atoms with E-state index >= 15 is 0 Å². The molecule has 0 radical (unpaired) electrons. The van der Waals surface area contributed by atoms with Crippen LogP contribution in [0.2, 0.25) is 0 Å². The molecule has 102 valence electrons. The van der Waals surface area contributed by atoms with Crippen LogP contribution in [0.5, 0.6) is 0 Å². The van der Waals surface area contributed by atoms with Gasteiger partial charge in [0.25, 0.3) is 0 Å². The van der Waals surface area contributed by atoms with Crippen molar-refractivity contribution in [2.75, 3.05) is 24.6 Å². The molecule has 1 saturated heterocycles. The predicted octanol–water partition coefficient (Wildman–Crippen LogP) is -0.836. The second-order valence-corrected chi connectivity index (χ2v) is 8.10. The maximum absolute atomic E-state index is 12.5. The predicted molar refractivity (Wildman–Crippen MR) is 71.5 cm³/mol. The molecule has 1 aromatic heterocycles. The third kappa shape index (κ3) is 3.05. The van der Waals surface area contributed by atoms with Crippen LogP contribution in [-0.2, 0) is 0 Å². The molecule has 1 aliphatic heterocycles. The summed E-state index contributed by atoms with van der Waals surface area (Å²) in [5, 5.41) is 1.98. The third-order valence-corrected chi connectivity index (χ3v) is 6.47. The van der Waals surface area contributed by atoms with E-state index in [1.54, 1.807) is 11.3 Å². The molecule has 2 rings (SSSR count). The van der Waals surface area contributed by atoms with Gasteiger partial charge in [0.15, 0.2) is 0 Å². The van der Waals surface area contributed by atoms with Gasteiger partial charge in [-0.05, 0) is 0 Å². The van der Waals surface area contributed by atoms with Gasteiger partial charge < -0.3 is 0 Å². The van der Waals surface area contributed by atoms with Gasteiger partial charge in [0.05, 0.1) is 0 Å². The van der Waals surface area contributed by atoms with Crippen LogP contribution in [0, 0.1) is 5.92 Å². The molecule has 1 atom stereocenters. The van der Waals surface area contributed by atoms with E-state index < -0.39 is 0 Å². The first kappa shape index (κ1) is 14.3. The number of hydrogen-bond donors (Lipinski definition) is 0. The van der Waals surface area contributed by atoms with Crippen LogP contribution in [-0.4, -0.2) is 44.5 Å². The van der Waals surface area contributed by atoms with Crippen LogP contribution in [0.3, 0.4) is 0 Å². The fourth-order valence-corrected chi connectivity index (χ4v) is 4.47. The summed E-state index contributed by atoms with van der Waals surface area (Å²) < 4.78 is 2.54. The Kier molecular flexibility index (Phi) is 5.03. The zero-order valence-electron chi connectivity index (χ0n) is 11.1. The molecule has 5 heteroatoms. The number of halogens is 1. The summed E-state index contributed by atoms with van der Waals surface area (Å²) in [4.78, 5) is 17.8. The average molecular weight is 379 g/mol. The Morgan fingerprint density at radius 3 is 2.83 bits per heavy atom. The summed E-state index contributed by atoms with van der Waals surface area (Å²) in [7, 11) is 0. The number of hydrogen-bond acceptors (Lipinski definition) is 3. The first-order valence-electron chi connectivity index (χ1n) is 6.22. The van der Waals surface area contributed by atoms with E-state index in [2.05, 4.69) is 26.8 Å². The summed E-state index contributed by atoms with van der Waals surface area (Å²) in [6.07, 6.45) is 0. The van der Waals surface area contributed by atoms with Crippen molar-refractivity contribution in [1.29, 1.82) is 0 Å². The molecule has 1 amide bonds. The number of thiophene rings is 1. The molecule has 0 aromatic carbocycles. The summed E-state index contributed by atoms with van der Waals surface area (Å²) in [6, 6.07) is 4.26. The molecule has 0 bridgehead atoms. The van der Waals surface area contributed by atoms with Crippen LogP contribution in [0.15, 0.2) is 17.5 Å². The van der Waals surface area contributed by atoms with Gasteiger partial charge in [0, 0.05) is 0 Å². The van der Waals surface area contributed by atoms with Crippen LogP contribution >= 0.6 is 11.3 Å². The van der Waals surface area contributed by atoms with Gasteiger partial charge in [0.1, 0.15) is 0 Å². The molecule has 3 nitrogen and oxygen atoms in total. The number of carbonyl (C=O) groups excluding carboxylic acids is 1. The van der Waals surface area contributed by atoms with Crippen molar-refractivity contribution in [3.63, 3.8) is 0 Å². The van der Waals surface area contributed by atoms with Crippen LogP contribution < -0.4 is 21.5 Å². The van der Waals surface area contributed by atoms with Crippen LogP contribution in [0.25, 0.3) is 0 Å². The van der Waals surface area contributed by atoms with Crippen molar-refractivity contribution >= 4 is 17.2 Å². The minimum absolute atomic E-state index is 0.146. The number of nitrogens with zero attached hydrogens (tertiary/aromatic N) is 2. The Balaban J connectivity index is 2.13. The van der Waals surface area contributed by atoms with Gasteiger partial charge in [-0.2, -0.15) is 0 Å². The van der Waals surface area contributed by atoms with Crippen molar-refractivity contribution in [2.45, 2.75) is 19.9 Å². The molecular formula is C13H20IN2OS-. The van der Waals surface area contributed by atoms with Crippen molar-refractivity contribution in [1.82, 2.24) is 8.01 Å². The van der Waals surface area contributed by atoms with Crippen LogP contribution in [0.4, 0.5) is 0 Å². The second kappa shape index (κ2) is 6.34. The first-order valence-corrected chi connectivity index (χ1v) is 10.2. The summed E-state index contributed by atoms with van der Waals surface area (Å²) in [6.45, 7) is 7.42. The summed E-state index contributed by atoms with van der Waals surface area (Å²) in [5.41, 5.74) is 0. The molecule has 0 N–H and O–H groups in total. The fraction of sp³-hybridized carbons (Fsp3) is 0.615. The Bertz CT molecular complexity index is 394. The van der Waals surface area contributed by atoms with Gasteiger partial charge in [-0.25, -0.2) is 0 Å². The molecule has 18 heavy (non-hydrogen) atoms. The van der Waals surface area contributed by atoms with Crippen molar-refractivity contribution < 1.29 is 26.3 Å². The second-order valence-electron chi connectivity index (χ2n) is 4.83. The minimum atomic E-state index is 0.146. The monoisotopic (exact) mass is 379 g/mol. The molecule has 0 spiro atoms. The standard InChI is InChI=1S/C13H20IN2OS/c1-10(2)11-9-15(14-3)6-7-16(11)13(17)12-5-4-8-18-12/h4-5,8,10-11H,6-7,9H2,1-3H3/q-1. The van der Waals surface area contributed by atoms with Gasteiger partial charge >= 0.3 is 124 Å². The van der Waals surface area contributed by atoms with E-state index in [-0.39, 0.29) is 27.4 Å². The molecule has 1 aliphatic rings. The van der Waals surface area contributed by atoms with Gasteiger partial charge in [-0.3, -0.25) is 0 Å². The molecule has 0 aliphatic carbocycles. The maximum atomic E-state index is 12.5. The van der Waals surface area contributed by atoms with E-state index in [0.717, 1.165) is 24.5 Å². The van der Waals surface area contributed by atoms with Crippen molar-refractivity contribution in [3.8, 4) is 0 Å². The quantitative estimate of drug-likeness (QED) is 0.389.